The van der Waals surface area contributed by atoms with Crippen molar-refractivity contribution in [2.24, 2.45) is 0 Å². The van der Waals surface area contributed by atoms with E-state index in [1.165, 1.54) is 5.56 Å². The van der Waals surface area contributed by atoms with Gasteiger partial charge in [0.05, 0.1) is 6.04 Å². The van der Waals surface area contributed by atoms with Gasteiger partial charge < -0.3 is 14.7 Å². The molecule has 1 heterocycles. The van der Waals surface area contributed by atoms with Crippen LogP contribution in [0.25, 0.3) is 0 Å². The molecule has 0 spiro atoms. The maximum Gasteiger partial charge on any atom is 0.255 e. The predicted molar refractivity (Wildman–Crippen MR) is 122 cm³/mol. The smallest absolute Gasteiger partial charge is 0.255 e. The van der Waals surface area contributed by atoms with Crippen LogP contribution in [0.4, 0.5) is 5.69 Å². The van der Waals surface area contributed by atoms with Gasteiger partial charge in [0, 0.05) is 44.0 Å². The number of hydrogen-bond acceptors (Lipinski definition) is 3. The first-order valence-electron chi connectivity index (χ1n) is 9.47. The molecule has 1 atom stereocenters. The molecule has 2 aromatic rings. The lowest BCUT2D eigenvalue weighted by Gasteiger charge is -2.31. The highest BCUT2D eigenvalue weighted by atomic mass is 35.5. The van der Waals surface area contributed by atoms with Crippen LogP contribution in [-0.4, -0.2) is 56.0 Å². The van der Waals surface area contributed by atoms with E-state index in [0.29, 0.717) is 0 Å². The zero-order chi connectivity index (χ0) is 18.7. The molecule has 1 aliphatic heterocycles. The molecule has 1 aliphatic rings. The number of carbonyl (C=O) groups excluding carboxylic acids is 1. The van der Waals surface area contributed by atoms with Crippen LogP contribution >= 0.6 is 24.8 Å². The van der Waals surface area contributed by atoms with Gasteiger partial charge in [0.15, 0.2) is 0 Å². The molecule has 0 fully saturated rings. The minimum absolute atomic E-state index is 0. The first kappa shape index (κ1) is 24.3. The predicted octanol–water partition coefficient (Wildman–Crippen LogP) is 4.48. The summed E-state index contributed by atoms with van der Waals surface area (Å²) >= 11 is 0. The fourth-order valence-electron chi connectivity index (χ4n) is 3.85. The van der Waals surface area contributed by atoms with Gasteiger partial charge in [0.25, 0.3) is 5.91 Å². The van der Waals surface area contributed by atoms with E-state index in [1.54, 1.807) is 0 Å². The van der Waals surface area contributed by atoms with Crippen molar-refractivity contribution in [1.29, 1.82) is 0 Å². The monoisotopic (exact) mass is 423 g/mol. The Bertz CT molecular complexity index is 778. The van der Waals surface area contributed by atoms with Crippen LogP contribution in [0.2, 0.25) is 0 Å². The van der Waals surface area contributed by atoms with E-state index < -0.39 is 0 Å². The summed E-state index contributed by atoms with van der Waals surface area (Å²) in [5.74, 6) is 0.145. The summed E-state index contributed by atoms with van der Waals surface area (Å²) in [6.45, 7) is 7.98. The Kier molecular flexibility index (Phi) is 9.28. The van der Waals surface area contributed by atoms with Crippen LogP contribution in [0.5, 0.6) is 0 Å². The van der Waals surface area contributed by atoms with Gasteiger partial charge in [0.2, 0.25) is 0 Å². The van der Waals surface area contributed by atoms with Crippen molar-refractivity contribution >= 4 is 36.4 Å². The summed E-state index contributed by atoms with van der Waals surface area (Å²) < 4.78 is 0. The van der Waals surface area contributed by atoms with Crippen molar-refractivity contribution < 1.29 is 4.79 Å². The van der Waals surface area contributed by atoms with E-state index in [9.17, 15) is 4.79 Å². The van der Waals surface area contributed by atoms with E-state index in [-0.39, 0.29) is 36.8 Å². The van der Waals surface area contributed by atoms with Gasteiger partial charge in [-0.2, -0.15) is 0 Å². The molecule has 3 rings (SSSR count). The Morgan fingerprint density at radius 3 is 2.07 bits per heavy atom. The number of hydrogen-bond donors (Lipinski definition) is 0. The summed E-state index contributed by atoms with van der Waals surface area (Å²) in [6, 6.07) is 16.4. The molecule has 0 saturated carbocycles. The highest BCUT2D eigenvalue weighted by Crippen LogP contribution is 2.41. The first-order chi connectivity index (χ1) is 12.6. The Labute approximate surface area is 181 Å². The number of likely N-dealkylation sites (N-methyl/N-ethyl adjacent to an activating group) is 1. The Morgan fingerprint density at radius 1 is 0.893 bits per heavy atom. The third-order valence-corrected chi connectivity index (χ3v) is 5.32. The second-order valence-corrected chi connectivity index (χ2v) is 6.97. The molecular formula is C22H31Cl2N3O. The standard InChI is InChI=1S/C22H29N3O.2ClH/c1-5-24(6-2)15-16-25-21(17-11-7-8-12-18(17)22(25)26)19-13-9-10-14-20(19)23(3)4;;/h7-14,21H,5-6,15-16H2,1-4H3;2*1H. The molecule has 1 amide bonds. The number of para-hydroxylation sites is 1. The molecule has 0 radical (unpaired) electrons. The third kappa shape index (κ3) is 4.62. The lowest BCUT2D eigenvalue weighted by Crippen LogP contribution is -2.37. The molecule has 4 nitrogen and oxygen atoms in total. The fraction of sp³-hybridized carbons (Fsp3) is 0.409. The van der Waals surface area contributed by atoms with Crippen LogP contribution < -0.4 is 4.90 Å². The Morgan fingerprint density at radius 2 is 1.46 bits per heavy atom. The maximum atomic E-state index is 13.1. The minimum atomic E-state index is -0.0205. The molecular weight excluding hydrogens is 393 g/mol. The SMILES string of the molecule is CCN(CC)CCN1C(=O)c2ccccc2C1c1ccccc1N(C)C.Cl.Cl. The second-order valence-electron chi connectivity index (χ2n) is 6.97. The summed E-state index contributed by atoms with van der Waals surface area (Å²) in [7, 11) is 4.11. The summed E-state index contributed by atoms with van der Waals surface area (Å²) in [5.41, 5.74) is 4.31. The molecule has 28 heavy (non-hydrogen) atoms. The van der Waals surface area contributed by atoms with Crippen LogP contribution in [0.15, 0.2) is 48.5 Å². The average Bonchev–Trinajstić information content (AvgIpc) is 2.95. The lowest BCUT2D eigenvalue weighted by atomic mass is 9.96. The molecule has 0 aromatic heterocycles. The molecule has 154 valence electrons. The topological polar surface area (TPSA) is 26.8 Å². The zero-order valence-electron chi connectivity index (χ0n) is 17.1. The molecule has 0 saturated heterocycles. The first-order valence-corrected chi connectivity index (χ1v) is 9.47. The highest BCUT2D eigenvalue weighted by molar-refractivity contribution is 6.00. The van der Waals surface area contributed by atoms with Crippen molar-refractivity contribution in [1.82, 2.24) is 9.80 Å². The van der Waals surface area contributed by atoms with Crippen LogP contribution in [0, 0.1) is 0 Å². The van der Waals surface area contributed by atoms with Gasteiger partial charge in [-0.15, -0.1) is 24.8 Å². The molecule has 1 unspecified atom stereocenters. The molecule has 0 aliphatic carbocycles. The lowest BCUT2D eigenvalue weighted by molar-refractivity contribution is 0.0729. The number of nitrogens with zero attached hydrogens (tertiary/aromatic N) is 3. The average molecular weight is 424 g/mol. The van der Waals surface area contributed by atoms with Crippen molar-refractivity contribution in [3.63, 3.8) is 0 Å². The molecule has 2 aromatic carbocycles. The van der Waals surface area contributed by atoms with Crippen molar-refractivity contribution in [2.45, 2.75) is 19.9 Å². The third-order valence-electron chi connectivity index (χ3n) is 5.32. The number of benzene rings is 2. The van der Waals surface area contributed by atoms with Gasteiger partial charge in [0.1, 0.15) is 0 Å². The highest BCUT2D eigenvalue weighted by Gasteiger charge is 2.38. The van der Waals surface area contributed by atoms with Crippen molar-refractivity contribution in [3.05, 3.63) is 65.2 Å². The summed E-state index contributed by atoms with van der Waals surface area (Å²) in [6.07, 6.45) is 0. The Balaban J connectivity index is 0.00000196. The summed E-state index contributed by atoms with van der Waals surface area (Å²) in [5, 5.41) is 0. The second kappa shape index (κ2) is 10.7. The van der Waals surface area contributed by atoms with Crippen LogP contribution in [-0.2, 0) is 0 Å². The minimum Gasteiger partial charge on any atom is -0.377 e. The van der Waals surface area contributed by atoms with Gasteiger partial charge in [-0.1, -0.05) is 50.2 Å². The normalized spacial score (nSPS) is 15.1. The van der Waals surface area contributed by atoms with Crippen molar-refractivity contribution in [2.75, 3.05) is 45.2 Å². The van der Waals surface area contributed by atoms with Gasteiger partial charge in [-0.25, -0.2) is 0 Å². The van der Waals surface area contributed by atoms with Crippen LogP contribution in [0.3, 0.4) is 0 Å². The number of carbonyl (C=O) groups is 1. The molecule has 6 heteroatoms. The van der Waals surface area contributed by atoms with E-state index in [2.05, 4.69) is 68.1 Å². The molecule has 0 N–H and O–H groups in total. The van der Waals surface area contributed by atoms with Crippen LogP contribution in [0.1, 0.15) is 41.4 Å². The Hall–Kier alpha value is -1.75. The zero-order valence-corrected chi connectivity index (χ0v) is 18.7. The number of halogens is 2. The van der Waals surface area contributed by atoms with E-state index in [0.717, 1.165) is 43.0 Å². The maximum absolute atomic E-state index is 13.1. The largest absolute Gasteiger partial charge is 0.377 e. The van der Waals surface area contributed by atoms with Crippen molar-refractivity contribution in [3.8, 4) is 0 Å². The van der Waals surface area contributed by atoms with E-state index >= 15 is 0 Å². The van der Waals surface area contributed by atoms with Gasteiger partial charge in [-0.05, 0) is 30.8 Å². The molecule has 0 bridgehead atoms. The number of fused-ring (bicyclic) bond motifs is 1. The van der Waals surface area contributed by atoms with E-state index in [1.807, 2.05) is 23.1 Å². The quantitative estimate of drug-likeness (QED) is 0.656. The van der Waals surface area contributed by atoms with Gasteiger partial charge >= 0.3 is 0 Å². The number of amides is 1. The number of anilines is 1. The summed E-state index contributed by atoms with van der Waals surface area (Å²) in [4.78, 5) is 19.7. The fourth-order valence-corrected chi connectivity index (χ4v) is 3.85. The van der Waals surface area contributed by atoms with E-state index in [4.69, 9.17) is 0 Å². The number of rotatable bonds is 7. The van der Waals surface area contributed by atoms with Gasteiger partial charge in [-0.3, -0.25) is 4.79 Å².